The number of allylic oxidation sites excluding steroid dienone is 2. The lowest BCUT2D eigenvalue weighted by Crippen LogP contribution is -2.77. The number of fused-ring (bicyclic) bond motifs is 3. The highest BCUT2D eigenvalue weighted by Crippen LogP contribution is 2.82. The maximum atomic E-state index is 14.2. The lowest BCUT2D eigenvalue weighted by Gasteiger charge is -2.70. The SMILES string of the molecule is CC[C@H](C)[C@@H](OC(C)=O)C(=O)O[C@@H]1[C@H](O)[C@H]2[C@@]3(C)C=CC(=O)C(C)(C)[C@H]3C[C@H](OC(=O)[C@H](O)C(C)C)[C@@]2(C)[C@@]23O[C@@H]2C[C@@H](c2ccoc2)[C@@]13C. The largest absolute Gasteiger partial charge is 0.472 e. The normalized spacial score (nSPS) is 42.7. The first-order chi connectivity index (χ1) is 23.2. The Balaban J connectivity index is 1.56. The second kappa shape index (κ2) is 12.0. The molecule has 4 aliphatic carbocycles. The van der Waals surface area contributed by atoms with Crippen molar-refractivity contribution in [2.45, 2.75) is 137 Å². The number of aliphatic hydroxyl groups is 2. The van der Waals surface area contributed by atoms with E-state index in [0.29, 0.717) is 12.8 Å². The molecule has 3 saturated carbocycles. The van der Waals surface area contributed by atoms with Crippen molar-refractivity contribution >= 4 is 23.7 Å². The molecule has 1 aliphatic heterocycles. The van der Waals surface area contributed by atoms with Crippen LogP contribution in [0.4, 0.5) is 0 Å². The zero-order valence-corrected chi connectivity index (χ0v) is 30.9. The maximum absolute atomic E-state index is 14.2. The number of hydrogen-bond acceptors (Lipinski definition) is 11. The van der Waals surface area contributed by atoms with E-state index >= 15 is 0 Å². The molecule has 276 valence electrons. The van der Waals surface area contributed by atoms with Crippen molar-refractivity contribution in [1.29, 1.82) is 0 Å². The zero-order valence-electron chi connectivity index (χ0n) is 30.9. The van der Waals surface area contributed by atoms with E-state index in [1.807, 2.05) is 53.7 Å². The molecule has 0 aromatic carbocycles. The minimum atomic E-state index is -1.38. The zero-order chi connectivity index (χ0) is 36.9. The summed E-state index contributed by atoms with van der Waals surface area (Å²) in [6, 6.07) is 1.86. The number of hydrogen-bond donors (Lipinski definition) is 2. The summed E-state index contributed by atoms with van der Waals surface area (Å²) in [6.45, 7) is 18.1. The molecular weight excluding hydrogens is 644 g/mol. The molecule has 1 aromatic heterocycles. The second-order valence-corrected chi connectivity index (χ2v) is 17.2. The van der Waals surface area contributed by atoms with E-state index in [2.05, 4.69) is 0 Å². The van der Waals surface area contributed by atoms with Gasteiger partial charge in [-0.25, -0.2) is 9.59 Å². The van der Waals surface area contributed by atoms with Crippen LogP contribution in [-0.4, -0.2) is 76.1 Å². The highest BCUT2D eigenvalue weighted by Gasteiger charge is 2.91. The van der Waals surface area contributed by atoms with Gasteiger partial charge in [0.1, 0.15) is 17.8 Å². The van der Waals surface area contributed by atoms with Gasteiger partial charge >= 0.3 is 17.9 Å². The number of esters is 3. The highest BCUT2D eigenvalue weighted by molar-refractivity contribution is 5.96. The van der Waals surface area contributed by atoms with Gasteiger partial charge in [0.15, 0.2) is 11.9 Å². The molecule has 14 atom stereocenters. The lowest BCUT2D eigenvalue weighted by molar-refractivity contribution is -0.296. The fourth-order valence-electron chi connectivity index (χ4n) is 11.3. The molecule has 0 bridgehead atoms. The van der Waals surface area contributed by atoms with Crippen molar-refractivity contribution < 1.29 is 52.8 Å². The first kappa shape index (κ1) is 36.8. The number of rotatable bonds is 9. The van der Waals surface area contributed by atoms with E-state index in [1.165, 1.54) is 6.92 Å². The number of carbonyl (C=O) groups is 4. The van der Waals surface area contributed by atoms with Crippen LogP contribution >= 0.6 is 0 Å². The third-order valence-electron chi connectivity index (χ3n) is 14.0. The minimum Gasteiger partial charge on any atom is -0.472 e. The predicted octanol–water partition coefficient (Wildman–Crippen LogP) is 4.92. The summed E-state index contributed by atoms with van der Waals surface area (Å²) in [6.07, 6.45) is 1.71. The van der Waals surface area contributed by atoms with Crippen LogP contribution in [0.25, 0.3) is 0 Å². The molecule has 2 N–H and O–H groups in total. The van der Waals surface area contributed by atoms with Gasteiger partial charge < -0.3 is 33.6 Å². The molecular formula is C39H54O11. The Kier molecular flexibility index (Phi) is 8.84. The summed E-state index contributed by atoms with van der Waals surface area (Å²) in [5.74, 6) is -4.45. The summed E-state index contributed by atoms with van der Waals surface area (Å²) >= 11 is 0. The Labute approximate surface area is 294 Å². The van der Waals surface area contributed by atoms with Gasteiger partial charge in [-0.15, -0.1) is 0 Å². The van der Waals surface area contributed by atoms with Crippen LogP contribution in [0.15, 0.2) is 35.2 Å². The number of ether oxygens (including phenoxy) is 4. The third kappa shape index (κ3) is 4.78. The number of ketones is 1. The van der Waals surface area contributed by atoms with Crippen LogP contribution in [0, 0.1) is 45.3 Å². The molecule has 2 heterocycles. The third-order valence-corrected chi connectivity index (χ3v) is 14.0. The van der Waals surface area contributed by atoms with Gasteiger partial charge in [0.25, 0.3) is 0 Å². The molecule has 11 nitrogen and oxygen atoms in total. The molecule has 0 radical (unpaired) electrons. The molecule has 0 unspecified atom stereocenters. The molecule has 5 aliphatic rings. The van der Waals surface area contributed by atoms with E-state index in [4.69, 9.17) is 23.4 Å². The number of furan rings is 1. The van der Waals surface area contributed by atoms with E-state index in [1.54, 1.807) is 39.4 Å². The quantitative estimate of drug-likeness (QED) is 0.205. The first-order valence-electron chi connectivity index (χ1n) is 18.1. The molecule has 1 aromatic rings. The standard InChI is InChI=1S/C39H54O11/c1-11-20(4)30(47-21(5)40)34(45)49-32-29(43)31-36(8)14-12-25(41)35(6,7)24(36)17-26(48-33(44)28(42)19(2)3)38(31,10)39-27(50-39)16-23(37(32,39)9)22-13-15-46-18-22/h12-15,18-20,23-24,26-32,42-43H,11,16-17H2,1-10H3/t20-,23-,24+,26-,27+,28+,29+,30+,31-,32+,36-,37-,38+,39+/m0/s1. The topological polar surface area (TPSA) is 162 Å². The molecule has 1 spiro atoms. The van der Waals surface area contributed by atoms with Crippen molar-refractivity contribution in [3.8, 4) is 0 Å². The Bertz CT molecular complexity index is 1560. The van der Waals surface area contributed by atoms with Crippen molar-refractivity contribution in [1.82, 2.24) is 0 Å². The second-order valence-electron chi connectivity index (χ2n) is 17.2. The molecule has 4 fully saturated rings. The molecule has 1 saturated heterocycles. The van der Waals surface area contributed by atoms with Gasteiger partial charge in [-0.1, -0.05) is 68.4 Å². The Hall–Kier alpha value is -3.02. The Morgan fingerprint density at radius 1 is 1.02 bits per heavy atom. The highest BCUT2D eigenvalue weighted by atomic mass is 16.6. The average Bonchev–Trinajstić information content (AvgIpc) is 3.40. The molecule has 50 heavy (non-hydrogen) atoms. The lowest BCUT2D eigenvalue weighted by atomic mass is 9.35. The molecule has 11 heteroatoms. The Morgan fingerprint density at radius 2 is 1.70 bits per heavy atom. The minimum absolute atomic E-state index is 0.0774. The number of carbonyl (C=O) groups excluding carboxylic acids is 4. The fraction of sp³-hybridized carbons (Fsp3) is 0.744. The van der Waals surface area contributed by atoms with Gasteiger partial charge in [0.05, 0.1) is 24.7 Å². The summed E-state index contributed by atoms with van der Waals surface area (Å²) < 4.78 is 30.8. The van der Waals surface area contributed by atoms with Crippen molar-refractivity contribution in [2.24, 2.45) is 45.3 Å². The van der Waals surface area contributed by atoms with Crippen molar-refractivity contribution in [2.75, 3.05) is 0 Å². The summed E-state index contributed by atoms with van der Waals surface area (Å²) in [5.41, 5.74) is -4.15. The average molecular weight is 699 g/mol. The van der Waals surface area contributed by atoms with Gasteiger partial charge in [-0.05, 0) is 54.2 Å². The van der Waals surface area contributed by atoms with Crippen LogP contribution < -0.4 is 0 Å². The van der Waals surface area contributed by atoms with Crippen LogP contribution in [-0.2, 0) is 38.1 Å². The van der Waals surface area contributed by atoms with Gasteiger partial charge in [0.2, 0.25) is 6.10 Å². The van der Waals surface area contributed by atoms with Crippen LogP contribution in [0.2, 0.25) is 0 Å². The van der Waals surface area contributed by atoms with Gasteiger partial charge in [-0.2, -0.15) is 0 Å². The van der Waals surface area contributed by atoms with E-state index in [0.717, 1.165) is 5.56 Å². The smallest absolute Gasteiger partial charge is 0.348 e. The maximum Gasteiger partial charge on any atom is 0.348 e. The summed E-state index contributed by atoms with van der Waals surface area (Å²) in [7, 11) is 0. The van der Waals surface area contributed by atoms with E-state index in [9.17, 15) is 29.4 Å². The van der Waals surface area contributed by atoms with Gasteiger partial charge in [0, 0.05) is 40.9 Å². The predicted molar refractivity (Wildman–Crippen MR) is 179 cm³/mol. The van der Waals surface area contributed by atoms with E-state index in [-0.39, 0.29) is 30.1 Å². The fourth-order valence-corrected chi connectivity index (χ4v) is 11.3. The van der Waals surface area contributed by atoms with Crippen molar-refractivity contribution in [3.05, 3.63) is 36.3 Å². The Morgan fingerprint density at radius 3 is 2.28 bits per heavy atom. The molecule has 0 amide bonds. The summed E-state index contributed by atoms with van der Waals surface area (Å²) in [5, 5.41) is 23.9. The molecule has 6 rings (SSSR count). The first-order valence-corrected chi connectivity index (χ1v) is 18.1. The van der Waals surface area contributed by atoms with Gasteiger partial charge in [-0.3, -0.25) is 9.59 Å². The monoisotopic (exact) mass is 698 g/mol. The van der Waals surface area contributed by atoms with Crippen molar-refractivity contribution in [3.63, 3.8) is 0 Å². The number of epoxide rings is 1. The number of aliphatic hydroxyl groups excluding tert-OH is 2. The van der Waals surface area contributed by atoms with Crippen LogP contribution in [0.1, 0.15) is 100.0 Å². The van der Waals surface area contributed by atoms with E-state index < -0.39 is 93.4 Å². The van der Waals surface area contributed by atoms with Crippen LogP contribution in [0.5, 0.6) is 0 Å². The van der Waals surface area contributed by atoms with Crippen LogP contribution in [0.3, 0.4) is 0 Å². The summed E-state index contributed by atoms with van der Waals surface area (Å²) in [4.78, 5) is 53.5.